The molecule has 5 heteroatoms. The van der Waals surface area contributed by atoms with Crippen molar-refractivity contribution in [2.45, 2.75) is 42.1 Å². The third-order valence-electron chi connectivity index (χ3n) is 3.45. The fraction of sp³-hybridized carbons (Fsp3) is 0.615. The molecule has 0 spiro atoms. The predicted molar refractivity (Wildman–Crippen MR) is 83.1 cm³/mol. The number of nitrogens with two attached hydrogens (primary N) is 2. The molecule has 4 atom stereocenters. The molecule has 0 saturated carbocycles. The zero-order chi connectivity index (χ0) is 13.1. The predicted octanol–water partition coefficient (Wildman–Crippen LogP) is 2.16. The van der Waals surface area contributed by atoms with Crippen LogP contribution in [0.15, 0.2) is 18.5 Å². The van der Waals surface area contributed by atoms with E-state index in [1.807, 2.05) is 35.8 Å². The molecule has 0 bridgehead atoms. The summed E-state index contributed by atoms with van der Waals surface area (Å²) in [5, 5.41) is 1.91. The third kappa shape index (κ3) is 3.33. The number of anilines is 1. The minimum atomic E-state index is 0.156. The van der Waals surface area contributed by atoms with Gasteiger partial charge in [0, 0.05) is 45.6 Å². The number of rotatable bonds is 3. The van der Waals surface area contributed by atoms with Crippen molar-refractivity contribution < 1.29 is 0 Å². The number of aromatic nitrogens is 1. The zero-order valence-corrected chi connectivity index (χ0v) is 12.5. The lowest BCUT2D eigenvalue weighted by Crippen LogP contribution is -2.41. The Morgan fingerprint density at radius 3 is 2.89 bits per heavy atom. The van der Waals surface area contributed by atoms with Gasteiger partial charge in [-0.25, -0.2) is 0 Å². The fourth-order valence-electron chi connectivity index (χ4n) is 2.03. The van der Waals surface area contributed by atoms with Gasteiger partial charge >= 0.3 is 0 Å². The van der Waals surface area contributed by atoms with Crippen LogP contribution in [0.5, 0.6) is 0 Å². The van der Waals surface area contributed by atoms with E-state index in [0.29, 0.717) is 10.5 Å². The van der Waals surface area contributed by atoms with Crippen molar-refractivity contribution >= 4 is 29.2 Å². The van der Waals surface area contributed by atoms with Crippen LogP contribution in [0.3, 0.4) is 0 Å². The second-order valence-corrected chi connectivity index (χ2v) is 7.89. The molecule has 100 valence electrons. The van der Waals surface area contributed by atoms with Crippen LogP contribution in [0.2, 0.25) is 0 Å². The van der Waals surface area contributed by atoms with Crippen molar-refractivity contribution in [2.24, 2.45) is 5.73 Å². The minimum Gasteiger partial charge on any atom is -0.398 e. The molecular formula is C13H21N3S2. The molecule has 3 nitrogen and oxygen atoms in total. The Morgan fingerprint density at radius 2 is 2.22 bits per heavy atom. The first-order valence-corrected chi connectivity index (χ1v) is 8.28. The molecule has 4 N–H and O–H groups in total. The minimum absolute atomic E-state index is 0.156. The Morgan fingerprint density at radius 1 is 1.44 bits per heavy atom. The summed E-state index contributed by atoms with van der Waals surface area (Å²) in [5.74, 6) is 1.14. The van der Waals surface area contributed by atoms with Crippen LogP contribution >= 0.6 is 23.5 Å². The highest BCUT2D eigenvalue weighted by Gasteiger charge is 2.29. The van der Waals surface area contributed by atoms with Gasteiger partial charge in [-0.05, 0) is 18.1 Å². The molecule has 0 radical (unpaired) electrons. The second-order valence-electron chi connectivity index (χ2n) is 4.86. The molecular weight excluding hydrogens is 262 g/mol. The van der Waals surface area contributed by atoms with Crippen molar-refractivity contribution in [1.29, 1.82) is 0 Å². The van der Waals surface area contributed by atoms with Gasteiger partial charge in [0.25, 0.3) is 0 Å². The van der Waals surface area contributed by atoms with Crippen molar-refractivity contribution in [1.82, 2.24) is 4.98 Å². The maximum absolute atomic E-state index is 6.34. The molecule has 1 fully saturated rings. The normalized spacial score (nSPS) is 30.1. The molecule has 1 aromatic rings. The van der Waals surface area contributed by atoms with E-state index in [2.05, 4.69) is 18.8 Å². The highest BCUT2D eigenvalue weighted by molar-refractivity contribution is 8.07. The molecule has 1 aliphatic heterocycles. The van der Waals surface area contributed by atoms with Gasteiger partial charge in [-0.15, -0.1) is 0 Å². The van der Waals surface area contributed by atoms with Crippen molar-refractivity contribution in [2.75, 3.05) is 11.5 Å². The smallest absolute Gasteiger partial charge is 0.0378 e. The van der Waals surface area contributed by atoms with Gasteiger partial charge in [-0.1, -0.05) is 13.8 Å². The second kappa shape index (κ2) is 6.17. The van der Waals surface area contributed by atoms with E-state index >= 15 is 0 Å². The van der Waals surface area contributed by atoms with E-state index in [-0.39, 0.29) is 6.04 Å². The molecule has 0 aromatic carbocycles. The standard InChI is InChI=1S/C13H21N3S2/c1-8-9(2)18-13(7-17-8)12(15)5-10-6-16-4-3-11(10)14/h3-4,6,8-9,12-13H,5,7,15H2,1-2H3,(H2,14,16). The van der Waals surface area contributed by atoms with Crippen LogP contribution in [0.25, 0.3) is 0 Å². The van der Waals surface area contributed by atoms with Gasteiger partial charge in [0.05, 0.1) is 0 Å². The number of pyridine rings is 1. The lowest BCUT2D eigenvalue weighted by atomic mass is 10.0. The van der Waals surface area contributed by atoms with Crippen LogP contribution < -0.4 is 11.5 Å². The van der Waals surface area contributed by atoms with Crippen molar-refractivity contribution in [3.63, 3.8) is 0 Å². The molecule has 0 aliphatic carbocycles. The zero-order valence-electron chi connectivity index (χ0n) is 10.9. The van der Waals surface area contributed by atoms with Gasteiger partial charge in [0.15, 0.2) is 0 Å². The molecule has 2 heterocycles. The fourth-order valence-corrected chi connectivity index (χ4v) is 5.09. The molecule has 0 amide bonds. The summed E-state index contributed by atoms with van der Waals surface area (Å²) in [7, 11) is 0. The Balaban J connectivity index is 1.96. The lowest BCUT2D eigenvalue weighted by Gasteiger charge is -2.34. The van der Waals surface area contributed by atoms with Crippen LogP contribution in [0.1, 0.15) is 19.4 Å². The van der Waals surface area contributed by atoms with Gasteiger partial charge in [0.2, 0.25) is 0 Å². The van der Waals surface area contributed by atoms with Crippen molar-refractivity contribution in [3.05, 3.63) is 24.0 Å². The first-order valence-electron chi connectivity index (χ1n) is 6.29. The average Bonchev–Trinajstić information content (AvgIpc) is 2.35. The molecule has 4 unspecified atom stereocenters. The quantitative estimate of drug-likeness (QED) is 0.890. The Labute approximate surface area is 117 Å². The largest absolute Gasteiger partial charge is 0.398 e. The molecule has 18 heavy (non-hydrogen) atoms. The molecule has 1 aliphatic rings. The van der Waals surface area contributed by atoms with Crippen molar-refractivity contribution in [3.8, 4) is 0 Å². The Kier molecular flexibility index (Phi) is 4.81. The summed E-state index contributed by atoms with van der Waals surface area (Å²) >= 11 is 4.05. The first-order chi connectivity index (χ1) is 8.58. The van der Waals surface area contributed by atoms with E-state index < -0.39 is 0 Å². The van der Waals surface area contributed by atoms with Gasteiger partial charge < -0.3 is 11.5 Å². The number of nitrogen functional groups attached to an aromatic ring is 1. The van der Waals surface area contributed by atoms with E-state index in [1.54, 1.807) is 6.20 Å². The van der Waals surface area contributed by atoms with E-state index in [1.165, 1.54) is 0 Å². The number of nitrogens with zero attached hydrogens (tertiary/aromatic N) is 1. The van der Waals surface area contributed by atoms with E-state index in [4.69, 9.17) is 11.5 Å². The summed E-state index contributed by atoms with van der Waals surface area (Å²) < 4.78 is 0. The van der Waals surface area contributed by atoms with Crippen LogP contribution in [-0.2, 0) is 6.42 Å². The summed E-state index contributed by atoms with van der Waals surface area (Å²) in [4.78, 5) is 4.12. The topological polar surface area (TPSA) is 64.9 Å². The lowest BCUT2D eigenvalue weighted by molar-refractivity contribution is 0.656. The van der Waals surface area contributed by atoms with Gasteiger partial charge in [-0.2, -0.15) is 23.5 Å². The number of thioether (sulfide) groups is 2. The van der Waals surface area contributed by atoms with Gasteiger partial charge in [0.1, 0.15) is 0 Å². The third-order valence-corrected chi connectivity index (χ3v) is 7.02. The summed E-state index contributed by atoms with van der Waals surface area (Å²) in [6.07, 6.45) is 4.38. The average molecular weight is 283 g/mol. The van der Waals surface area contributed by atoms with Crippen LogP contribution in [-0.4, -0.2) is 32.5 Å². The Hall–Kier alpha value is -0.390. The van der Waals surface area contributed by atoms with Gasteiger partial charge in [-0.3, -0.25) is 4.98 Å². The highest BCUT2D eigenvalue weighted by atomic mass is 32.2. The summed E-state index contributed by atoms with van der Waals surface area (Å²) in [5.41, 5.74) is 14.2. The molecule has 2 rings (SSSR count). The maximum atomic E-state index is 6.34. The van der Waals surface area contributed by atoms with Crippen LogP contribution in [0, 0.1) is 0 Å². The summed E-state index contributed by atoms with van der Waals surface area (Å²) in [6, 6.07) is 2.00. The molecule has 1 saturated heterocycles. The Bertz CT molecular complexity index is 400. The maximum Gasteiger partial charge on any atom is 0.0378 e. The number of hydrogen-bond donors (Lipinski definition) is 2. The monoisotopic (exact) mass is 283 g/mol. The van der Waals surface area contributed by atoms with E-state index in [9.17, 15) is 0 Å². The summed E-state index contributed by atoms with van der Waals surface area (Å²) in [6.45, 7) is 4.59. The highest BCUT2D eigenvalue weighted by Crippen LogP contribution is 2.37. The van der Waals surface area contributed by atoms with E-state index in [0.717, 1.165) is 28.7 Å². The molecule has 1 aromatic heterocycles. The first kappa shape index (κ1) is 14.0. The van der Waals surface area contributed by atoms with Crippen LogP contribution in [0.4, 0.5) is 5.69 Å². The SMILES string of the molecule is CC1SCC(C(N)Cc2cnccc2N)SC1C. The number of hydrogen-bond acceptors (Lipinski definition) is 5.